The second kappa shape index (κ2) is 5.79. The number of carbonyl (C=O) groups is 2. The zero-order valence-electron chi connectivity index (χ0n) is 11.5. The Morgan fingerprint density at radius 2 is 1.10 bits per heavy atom. The molecule has 1 aliphatic rings. The van der Waals surface area contributed by atoms with Gasteiger partial charge in [0.15, 0.2) is 0 Å². The highest BCUT2D eigenvalue weighted by Gasteiger charge is 2.48. The summed E-state index contributed by atoms with van der Waals surface area (Å²) in [6.45, 7) is 0. The van der Waals surface area contributed by atoms with E-state index in [1.54, 1.807) is 0 Å². The van der Waals surface area contributed by atoms with Crippen LogP contribution in [0.4, 0.5) is 11.4 Å². The minimum Gasteiger partial charge on any atom is -0.326 e. The van der Waals surface area contributed by atoms with Crippen LogP contribution in [0.1, 0.15) is 6.42 Å². The number of nitrogens with one attached hydrogen (secondary N) is 2. The topological polar surface area (TPSA) is 58.2 Å². The number of anilines is 2. The van der Waals surface area contributed by atoms with Gasteiger partial charge in [0.1, 0.15) is 0 Å². The quantitative estimate of drug-likeness (QED) is 0.904. The molecule has 0 spiro atoms. The van der Waals surface area contributed by atoms with Crippen molar-refractivity contribution >= 4 is 23.2 Å². The number of rotatable bonds is 4. The van der Waals surface area contributed by atoms with Gasteiger partial charge in [-0.05, 0) is 30.7 Å². The number of hydrogen-bond acceptors (Lipinski definition) is 2. The molecule has 1 aliphatic carbocycles. The van der Waals surface area contributed by atoms with Gasteiger partial charge < -0.3 is 10.6 Å². The van der Waals surface area contributed by atoms with Crippen LogP contribution in [0, 0.1) is 11.8 Å². The Morgan fingerprint density at radius 3 is 1.48 bits per heavy atom. The Labute approximate surface area is 123 Å². The fourth-order valence-corrected chi connectivity index (χ4v) is 2.29. The van der Waals surface area contributed by atoms with Crippen molar-refractivity contribution in [2.45, 2.75) is 6.42 Å². The fraction of sp³-hybridized carbons (Fsp3) is 0.176. The first-order valence-electron chi connectivity index (χ1n) is 6.96. The van der Waals surface area contributed by atoms with Gasteiger partial charge in [-0.1, -0.05) is 36.4 Å². The summed E-state index contributed by atoms with van der Waals surface area (Å²) in [5.74, 6) is -0.633. The standard InChI is InChI=1S/C17H16N2O2/c20-16(18-12-7-3-1-4-8-12)14-11-15(14)17(21)19-13-9-5-2-6-10-13/h1-10,14-15H,11H2,(H,18,20)(H,19,21)/t14-,15-/m1/s1. The molecule has 0 heterocycles. The van der Waals surface area contributed by atoms with Crippen LogP contribution >= 0.6 is 0 Å². The van der Waals surface area contributed by atoms with Crippen LogP contribution < -0.4 is 10.6 Å². The molecule has 0 radical (unpaired) electrons. The monoisotopic (exact) mass is 280 g/mol. The smallest absolute Gasteiger partial charge is 0.228 e. The molecule has 0 unspecified atom stereocenters. The minimum absolute atomic E-state index is 0.0885. The fourth-order valence-electron chi connectivity index (χ4n) is 2.29. The van der Waals surface area contributed by atoms with Crippen molar-refractivity contribution in [3.8, 4) is 0 Å². The molecule has 106 valence electrons. The predicted molar refractivity (Wildman–Crippen MR) is 81.7 cm³/mol. The molecule has 2 aromatic rings. The summed E-state index contributed by atoms with van der Waals surface area (Å²) in [7, 11) is 0. The highest BCUT2D eigenvalue weighted by Crippen LogP contribution is 2.40. The van der Waals surface area contributed by atoms with Crippen molar-refractivity contribution in [1.29, 1.82) is 0 Å². The number of hydrogen-bond donors (Lipinski definition) is 2. The summed E-state index contributed by atoms with van der Waals surface area (Å²) in [5.41, 5.74) is 1.52. The van der Waals surface area contributed by atoms with Gasteiger partial charge in [0.25, 0.3) is 0 Å². The number of amides is 2. The van der Waals surface area contributed by atoms with Gasteiger partial charge in [-0.3, -0.25) is 9.59 Å². The largest absolute Gasteiger partial charge is 0.326 e. The first-order valence-corrected chi connectivity index (χ1v) is 6.96. The molecular weight excluding hydrogens is 264 g/mol. The van der Waals surface area contributed by atoms with Crippen molar-refractivity contribution in [3.63, 3.8) is 0 Å². The maximum absolute atomic E-state index is 12.1. The molecule has 0 aromatic heterocycles. The van der Waals surface area contributed by atoms with E-state index < -0.39 is 0 Å². The van der Waals surface area contributed by atoms with E-state index in [-0.39, 0.29) is 23.7 Å². The lowest BCUT2D eigenvalue weighted by molar-refractivity contribution is -0.122. The first kappa shape index (κ1) is 13.4. The summed E-state index contributed by atoms with van der Waals surface area (Å²) in [5, 5.41) is 5.67. The van der Waals surface area contributed by atoms with Crippen molar-refractivity contribution in [1.82, 2.24) is 0 Å². The van der Waals surface area contributed by atoms with Gasteiger partial charge in [0, 0.05) is 11.4 Å². The van der Waals surface area contributed by atoms with Crippen LogP contribution in [0.25, 0.3) is 0 Å². The Balaban J connectivity index is 1.54. The number of carbonyl (C=O) groups excluding carboxylic acids is 2. The van der Waals surface area contributed by atoms with E-state index in [0.717, 1.165) is 11.4 Å². The first-order chi connectivity index (χ1) is 10.2. The normalized spacial score (nSPS) is 19.6. The molecule has 1 fully saturated rings. The van der Waals surface area contributed by atoms with E-state index in [1.807, 2.05) is 60.7 Å². The Kier molecular flexibility index (Phi) is 3.69. The highest BCUT2D eigenvalue weighted by molar-refractivity contribution is 6.03. The third-order valence-corrected chi connectivity index (χ3v) is 3.55. The third-order valence-electron chi connectivity index (χ3n) is 3.55. The lowest BCUT2D eigenvalue weighted by Gasteiger charge is -2.06. The predicted octanol–water partition coefficient (Wildman–Crippen LogP) is 2.90. The van der Waals surface area contributed by atoms with Gasteiger partial charge >= 0.3 is 0 Å². The average Bonchev–Trinajstić information content (AvgIpc) is 3.30. The van der Waals surface area contributed by atoms with Gasteiger partial charge in [0.2, 0.25) is 11.8 Å². The van der Waals surface area contributed by atoms with Crippen LogP contribution in [0.3, 0.4) is 0 Å². The lowest BCUT2D eigenvalue weighted by atomic mass is 10.2. The zero-order valence-corrected chi connectivity index (χ0v) is 11.5. The van der Waals surface area contributed by atoms with Crippen LogP contribution in [-0.4, -0.2) is 11.8 Å². The van der Waals surface area contributed by atoms with Gasteiger partial charge in [0.05, 0.1) is 11.8 Å². The van der Waals surface area contributed by atoms with E-state index in [4.69, 9.17) is 0 Å². The molecule has 2 N–H and O–H groups in total. The highest BCUT2D eigenvalue weighted by atomic mass is 16.2. The third kappa shape index (κ3) is 3.28. The van der Waals surface area contributed by atoms with E-state index in [2.05, 4.69) is 10.6 Å². The van der Waals surface area contributed by atoms with E-state index in [9.17, 15) is 9.59 Å². The molecule has 2 amide bonds. The molecule has 0 bridgehead atoms. The van der Waals surface area contributed by atoms with Crippen LogP contribution in [-0.2, 0) is 9.59 Å². The Hall–Kier alpha value is -2.62. The summed E-state index contributed by atoms with van der Waals surface area (Å²) in [6, 6.07) is 18.6. The second-order valence-corrected chi connectivity index (χ2v) is 5.16. The zero-order chi connectivity index (χ0) is 14.7. The molecule has 21 heavy (non-hydrogen) atoms. The van der Waals surface area contributed by atoms with E-state index in [0.29, 0.717) is 6.42 Å². The second-order valence-electron chi connectivity index (χ2n) is 5.16. The Morgan fingerprint density at radius 1 is 0.714 bits per heavy atom. The van der Waals surface area contributed by atoms with Crippen molar-refractivity contribution in [2.24, 2.45) is 11.8 Å². The van der Waals surface area contributed by atoms with Crippen molar-refractivity contribution in [2.75, 3.05) is 10.6 Å². The molecule has 3 rings (SSSR count). The molecule has 0 aliphatic heterocycles. The van der Waals surface area contributed by atoms with Crippen molar-refractivity contribution < 1.29 is 9.59 Å². The summed E-state index contributed by atoms with van der Waals surface area (Å²) < 4.78 is 0. The number of para-hydroxylation sites is 2. The van der Waals surface area contributed by atoms with Gasteiger partial charge in [-0.25, -0.2) is 0 Å². The van der Waals surface area contributed by atoms with Crippen LogP contribution in [0.15, 0.2) is 60.7 Å². The van der Waals surface area contributed by atoms with Crippen LogP contribution in [0.2, 0.25) is 0 Å². The van der Waals surface area contributed by atoms with Gasteiger partial charge in [-0.15, -0.1) is 0 Å². The average molecular weight is 280 g/mol. The van der Waals surface area contributed by atoms with Crippen LogP contribution in [0.5, 0.6) is 0 Å². The summed E-state index contributed by atoms with van der Waals surface area (Å²) in [4.78, 5) is 24.1. The minimum atomic E-state index is -0.228. The SMILES string of the molecule is O=C(Nc1ccccc1)[C@@H]1C[C@H]1C(=O)Nc1ccccc1. The molecule has 2 atom stereocenters. The van der Waals surface area contributed by atoms with Crippen molar-refractivity contribution in [3.05, 3.63) is 60.7 Å². The maximum Gasteiger partial charge on any atom is 0.228 e. The van der Waals surface area contributed by atoms with Gasteiger partial charge in [-0.2, -0.15) is 0 Å². The maximum atomic E-state index is 12.1. The number of benzene rings is 2. The molecule has 4 nitrogen and oxygen atoms in total. The summed E-state index contributed by atoms with van der Waals surface area (Å²) in [6.07, 6.45) is 0.608. The molecule has 4 heteroatoms. The summed E-state index contributed by atoms with van der Waals surface area (Å²) >= 11 is 0. The molecule has 0 saturated heterocycles. The Bertz CT molecular complexity index is 583. The van der Waals surface area contributed by atoms with E-state index in [1.165, 1.54) is 0 Å². The molecular formula is C17H16N2O2. The molecule has 1 saturated carbocycles. The van der Waals surface area contributed by atoms with E-state index >= 15 is 0 Å². The molecule has 2 aromatic carbocycles. The lowest BCUT2D eigenvalue weighted by Crippen LogP contribution is -2.20.